The van der Waals surface area contributed by atoms with Crippen molar-refractivity contribution < 1.29 is 0 Å². The predicted molar refractivity (Wildman–Crippen MR) is 128 cm³/mol. The van der Waals surface area contributed by atoms with Gasteiger partial charge in [0, 0.05) is 37.9 Å². The maximum atomic E-state index is 4.81. The molecule has 0 atom stereocenters. The molecule has 4 aromatic rings. The Hall–Kier alpha value is -3.87. The summed E-state index contributed by atoms with van der Waals surface area (Å²) >= 11 is 0. The third kappa shape index (κ3) is 5.85. The summed E-state index contributed by atoms with van der Waals surface area (Å²) in [6.07, 6.45) is 8.43. The van der Waals surface area contributed by atoms with Crippen LogP contribution in [0.5, 0.6) is 0 Å². The first-order valence-corrected chi connectivity index (χ1v) is 11.0. The normalized spacial score (nSPS) is 11.5. The van der Waals surface area contributed by atoms with Crippen LogP contribution in [0.4, 0.5) is 0 Å². The fraction of sp³-hybridized carbons (Fsp3) is 0.240. The molecule has 0 radical (unpaired) electrons. The Kier molecular flexibility index (Phi) is 7.31. The van der Waals surface area contributed by atoms with E-state index in [0.29, 0.717) is 6.54 Å². The molecule has 2 aromatic carbocycles. The zero-order valence-electron chi connectivity index (χ0n) is 18.4. The minimum absolute atomic E-state index is 0.616. The fourth-order valence-electron chi connectivity index (χ4n) is 3.50. The smallest absolute Gasteiger partial charge is 0.191 e. The monoisotopic (exact) mass is 427 g/mol. The van der Waals surface area contributed by atoms with Crippen LogP contribution >= 0.6 is 0 Å². The molecule has 0 amide bonds. The third-order valence-electron chi connectivity index (χ3n) is 5.17. The Bertz CT molecular complexity index is 1100. The molecule has 0 fully saturated rings. The van der Waals surface area contributed by atoms with E-state index in [-0.39, 0.29) is 0 Å². The van der Waals surface area contributed by atoms with Crippen LogP contribution in [0.25, 0.3) is 5.69 Å². The van der Waals surface area contributed by atoms with E-state index < -0.39 is 0 Å². The lowest BCUT2D eigenvalue weighted by Gasteiger charge is -2.13. The summed E-state index contributed by atoms with van der Waals surface area (Å²) in [5, 5.41) is 15.4. The summed E-state index contributed by atoms with van der Waals surface area (Å²) in [6.45, 7) is 5.07. The second-order valence-corrected chi connectivity index (χ2v) is 7.46. The van der Waals surface area contributed by atoms with Crippen molar-refractivity contribution >= 4 is 5.96 Å². The Morgan fingerprint density at radius 2 is 1.66 bits per heavy atom. The number of aliphatic imine (C=N–C) groups is 1. The van der Waals surface area contributed by atoms with E-state index in [2.05, 4.69) is 76.3 Å². The summed E-state index contributed by atoms with van der Waals surface area (Å²) in [6, 6.07) is 20.7. The van der Waals surface area contributed by atoms with Gasteiger partial charge in [-0.05, 0) is 54.3 Å². The van der Waals surface area contributed by atoms with Crippen LogP contribution in [-0.2, 0) is 19.5 Å². The van der Waals surface area contributed by atoms with Gasteiger partial charge in [0.1, 0.15) is 0 Å². The van der Waals surface area contributed by atoms with Crippen molar-refractivity contribution in [2.24, 2.45) is 4.99 Å². The minimum atomic E-state index is 0.616. The van der Waals surface area contributed by atoms with Gasteiger partial charge in [0.25, 0.3) is 0 Å². The van der Waals surface area contributed by atoms with E-state index in [4.69, 9.17) is 4.99 Å². The highest BCUT2D eigenvalue weighted by Crippen LogP contribution is 2.12. The molecular formula is C25H29N7. The zero-order chi connectivity index (χ0) is 22.0. The number of guanidine groups is 1. The minimum Gasteiger partial charge on any atom is -0.357 e. The second kappa shape index (κ2) is 10.9. The SMILES string of the molecule is CCNC(=NCc1ccccc1Cn1cccn1)NCCc1ccc(-n2cccn2)cc1. The maximum absolute atomic E-state index is 4.81. The van der Waals surface area contributed by atoms with Crippen molar-refractivity contribution in [1.29, 1.82) is 0 Å². The molecule has 0 spiro atoms. The summed E-state index contributed by atoms with van der Waals surface area (Å²) in [5.41, 5.74) is 4.77. The maximum Gasteiger partial charge on any atom is 0.191 e. The Labute approximate surface area is 188 Å². The van der Waals surface area contributed by atoms with Crippen LogP contribution in [0.15, 0.2) is 90.4 Å². The first kappa shape index (κ1) is 21.4. The molecule has 0 unspecified atom stereocenters. The van der Waals surface area contributed by atoms with E-state index in [9.17, 15) is 0 Å². The van der Waals surface area contributed by atoms with Gasteiger partial charge in [-0.1, -0.05) is 36.4 Å². The molecule has 0 aliphatic heterocycles. The van der Waals surface area contributed by atoms with Gasteiger partial charge in [0.15, 0.2) is 5.96 Å². The molecule has 7 nitrogen and oxygen atoms in total. The average Bonchev–Trinajstić information content (AvgIpc) is 3.53. The Morgan fingerprint density at radius 1 is 0.875 bits per heavy atom. The van der Waals surface area contributed by atoms with Crippen molar-refractivity contribution in [1.82, 2.24) is 30.2 Å². The highest BCUT2D eigenvalue weighted by Gasteiger charge is 2.04. The second-order valence-electron chi connectivity index (χ2n) is 7.46. The molecule has 2 N–H and O–H groups in total. The summed E-state index contributed by atoms with van der Waals surface area (Å²) in [5.74, 6) is 0.828. The van der Waals surface area contributed by atoms with E-state index in [1.807, 2.05) is 33.9 Å². The molecule has 0 aliphatic rings. The summed E-state index contributed by atoms with van der Waals surface area (Å²) < 4.78 is 3.80. The van der Waals surface area contributed by atoms with Crippen molar-refractivity contribution in [3.05, 3.63) is 102 Å². The van der Waals surface area contributed by atoms with Gasteiger partial charge in [-0.15, -0.1) is 0 Å². The highest BCUT2D eigenvalue weighted by atomic mass is 15.3. The first-order valence-electron chi connectivity index (χ1n) is 11.0. The first-order chi connectivity index (χ1) is 15.8. The Balaban J connectivity index is 1.34. The van der Waals surface area contributed by atoms with Crippen LogP contribution in [0.2, 0.25) is 0 Å². The van der Waals surface area contributed by atoms with Crippen molar-refractivity contribution in [2.75, 3.05) is 13.1 Å². The van der Waals surface area contributed by atoms with E-state index in [1.165, 1.54) is 16.7 Å². The fourth-order valence-corrected chi connectivity index (χ4v) is 3.50. The zero-order valence-corrected chi connectivity index (χ0v) is 18.4. The van der Waals surface area contributed by atoms with Gasteiger partial charge < -0.3 is 10.6 Å². The molecule has 32 heavy (non-hydrogen) atoms. The quantitative estimate of drug-likeness (QED) is 0.317. The molecule has 4 rings (SSSR count). The van der Waals surface area contributed by atoms with E-state index in [0.717, 1.165) is 37.7 Å². The topological polar surface area (TPSA) is 72.1 Å². The van der Waals surface area contributed by atoms with Crippen LogP contribution in [-0.4, -0.2) is 38.6 Å². The van der Waals surface area contributed by atoms with Gasteiger partial charge in [0.05, 0.1) is 18.8 Å². The molecule has 0 saturated heterocycles. The average molecular weight is 428 g/mol. The third-order valence-corrected chi connectivity index (χ3v) is 5.17. The van der Waals surface area contributed by atoms with Crippen molar-refractivity contribution in [3.8, 4) is 5.69 Å². The van der Waals surface area contributed by atoms with Crippen LogP contribution < -0.4 is 10.6 Å². The van der Waals surface area contributed by atoms with Crippen molar-refractivity contribution in [3.63, 3.8) is 0 Å². The molecule has 0 saturated carbocycles. The molecule has 164 valence electrons. The molecule has 2 aromatic heterocycles. The van der Waals surface area contributed by atoms with Crippen LogP contribution in [0.3, 0.4) is 0 Å². The van der Waals surface area contributed by atoms with Crippen LogP contribution in [0, 0.1) is 0 Å². The van der Waals surface area contributed by atoms with Crippen LogP contribution in [0.1, 0.15) is 23.6 Å². The number of hydrogen-bond donors (Lipinski definition) is 2. The van der Waals surface area contributed by atoms with Crippen molar-refractivity contribution in [2.45, 2.75) is 26.4 Å². The van der Waals surface area contributed by atoms with Gasteiger partial charge in [0.2, 0.25) is 0 Å². The number of hydrogen-bond acceptors (Lipinski definition) is 3. The number of aromatic nitrogens is 4. The molecule has 7 heteroatoms. The summed E-state index contributed by atoms with van der Waals surface area (Å²) in [7, 11) is 0. The van der Waals surface area contributed by atoms with Gasteiger partial charge >= 0.3 is 0 Å². The molecule has 2 heterocycles. The predicted octanol–water partition coefficient (Wildman–Crippen LogP) is 3.41. The van der Waals surface area contributed by atoms with Gasteiger partial charge in [-0.25, -0.2) is 9.67 Å². The van der Waals surface area contributed by atoms with E-state index in [1.54, 1.807) is 12.4 Å². The molecular weight excluding hydrogens is 398 g/mol. The standard InChI is InChI=1S/C25H29N7/c1-2-26-25(27-16-13-21-9-11-24(12-10-21)32-18-6-15-30-32)28-19-22-7-3-4-8-23(22)20-31-17-5-14-29-31/h3-12,14-15,17-18H,2,13,16,19-20H2,1H3,(H2,26,27,28). The highest BCUT2D eigenvalue weighted by molar-refractivity contribution is 5.79. The lowest BCUT2D eigenvalue weighted by atomic mass is 10.1. The van der Waals surface area contributed by atoms with Gasteiger partial charge in [-0.2, -0.15) is 10.2 Å². The largest absolute Gasteiger partial charge is 0.357 e. The summed E-state index contributed by atoms with van der Waals surface area (Å²) in [4.78, 5) is 4.81. The number of nitrogens with one attached hydrogen (secondary N) is 2. The number of rotatable bonds is 9. The molecule has 0 aliphatic carbocycles. The number of nitrogens with zero attached hydrogens (tertiary/aromatic N) is 5. The molecule has 0 bridgehead atoms. The lowest BCUT2D eigenvalue weighted by molar-refractivity contribution is 0.680. The van der Waals surface area contributed by atoms with E-state index >= 15 is 0 Å². The Morgan fingerprint density at radius 3 is 2.38 bits per heavy atom. The lowest BCUT2D eigenvalue weighted by Crippen LogP contribution is -2.38. The van der Waals surface area contributed by atoms with Gasteiger partial charge in [-0.3, -0.25) is 4.68 Å². The number of benzene rings is 2.